The van der Waals surface area contributed by atoms with E-state index < -0.39 is 0 Å². The van der Waals surface area contributed by atoms with Gasteiger partial charge in [-0.2, -0.15) is 0 Å². The van der Waals surface area contributed by atoms with Crippen LogP contribution in [0.3, 0.4) is 0 Å². The Morgan fingerprint density at radius 3 is 0.923 bits per heavy atom. The third kappa shape index (κ3) is 12.5. The summed E-state index contributed by atoms with van der Waals surface area (Å²) in [7, 11) is 0. The summed E-state index contributed by atoms with van der Waals surface area (Å²) in [6.07, 6.45) is 27.5. The van der Waals surface area contributed by atoms with Gasteiger partial charge >= 0.3 is 0 Å². The lowest BCUT2D eigenvalue weighted by atomic mass is 9.43. The standard InChI is InChI=1S/C78H132N4O9/c1-46(58-19-22-61-55-16-13-49-40-52(83)28-31-73(49,4)64(55)43-67(86)76(58,61)7)10-25-70(89)79-34-37-82(38-35-80-71(90)26-11-47(2)59-20-23-62-56-17-14-50-41-53(84)29-32-74(50,5)65(56)44-68(87)77(59,62)8)39-36-81-72(91)27-12-48(3)60-21-24-63-57-18-15-51-42-54(85)30-33-75(51,6)66(57)45-69(88)78(60,63)9/h46-69,83-88H,10-45H2,1-9H3,(H,79,89)(H,80,90)(H,81,91)/t46-,47-,48-,49-,50-,51-,52-,53-,54-,55+,56+,57+,58-,59-,60-,61+,62+,63+,64+,65+,66+,67+,68+,69+,73+,74+,75+,76-,77-,78-/m1/s1. The first kappa shape index (κ1) is 69.0. The van der Waals surface area contributed by atoms with E-state index in [2.05, 4.69) is 83.2 Å². The van der Waals surface area contributed by atoms with Crippen LogP contribution in [0.1, 0.15) is 255 Å². The van der Waals surface area contributed by atoms with E-state index in [-0.39, 0.29) is 86.8 Å². The summed E-state index contributed by atoms with van der Waals surface area (Å²) < 4.78 is 0. The van der Waals surface area contributed by atoms with Gasteiger partial charge in [-0.05, 0) is 312 Å². The minimum absolute atomic E-state index is 0.0515. The van der Waals surface area contributed by atoms with E-state index >= 15 is 0 Å². The predicted octanol–water partition coefficient (Wildman–Crippen LogP) is 11.9. The Kier molecular flexibility index (Phi) is 20.6. The Bertz CT molecular complexity index is 2270. The number of aliphatic hydroxyl groups excluding tert-OH is 6. The zero-order chi connectivity index (χ0) is 64.7. The first-order valence-electron chi connectivity index (χ1n) is 38.9. The second kappa shape index (κ2) is 27.1. The molecule has 518 valence electrons. The quantitative estimate of drug-likeness (QED) is 0.0531. The summed E-state index contributed by atoms with van der Waals surface area (Å²) in [5.74, 6) is 8.90. The minimum atomic E-state index is -0.342. The molecule has 9 N–H and O–H groups in total. The van der Waals surface area contributed by atoms with Gasteiger partial charge in [0.2, 0.25) is 17.7 Å². The molecule has 12 aliphatic carbocycles. The Morgan fingerprint density at radius 2 is 0.648 bits per heavy atom. The van der Waals surface area contributed by atoms with Crippen molar-refractivity contribution in [3.8, 4) is 0 Å². The van der Waals surface area contributed by atoms with Crippen LogP contribution < -0.4 is 16.0 Å². The molecule has 13 heteroatoms. The van der Waals surface area contributed by atoms with E-state index in [1.165, 1.54) is 38.5 Å². The molecule has 0 bridgehead atoms. The fourth-order valence-corrected chi connectivity index (χ4v) is 27.8. The number of nitrogens with one attached hydrogen (secondary N) is 3. The Morgan fingerprint density at radius 1 is 0.374 bits per heavy atom. The number of carbonyl (C=O) groups excluding carboxylic acids is 3. The third-order valence-electron chi connectivity index (χ3n) is 33.2. The summed E-state index contributed by atoms with van der Waals surface area (Å²) in [6, 6.07) is 0. The van der Waals surface area contributed by atoms with Crippen molar-refractivity contribution in [3.63, 3.8) is 0 Å². The van der Waals surface area contributed by atoms with E-state index in [1.54, 1.807) is 0 Å². The van der Waals surface area contributed by atoms with Gasteiger partial charge < -0.3 is 46.6 Å². The van der Waals surface area contributed by atoms with Crippen LogP contribution in [0.25, 0.3) is 0 Å². The second-order valence-electron chi connectivity index (χ2n) is 36.6. The van der Waals surface area contributed by atoms with Crippen molar-refractivity contribution in [1.29, 1.82) is 0 Å². The number of hydrogen-bond donors (Lipinski definition) is 9. The van der Waals surface area contributed by atoms with Crippen molar-refractivity contribution in [2.24, 2.45) is 139 Å². The van der Waals surface area contributed by atoms with E-state index in [0.29, 0.717) is 165 Å². The molecule has 13 nitrogen and oxygen atoms in total. The normalized spacial score (nSPS) is 49.0. The smallest absolute Gasteiger partial charge is 0.220 e. The van der Waals surface area contributed by atoms with Gasteiger partial charge in [-0.15, -0.1) is 0 Å². The molecule has 12 rings (SSSR count). The van der Waals surface area contributed by atoms with Crippen molar-refractivity contribution < 1.29 is 45.0 Å². The van der Waals surface area contributed by atoms with Gasteiger partial charge in [0.1, 0.15) is 0 Å². The summed E-state index contributed by atoms with van der Waals surface area (Å²) in [5.41, 5.74) is 0.196. The van der Waals surface area contributed by atoms with Crippen molar-refractivity contribution in [2.75, 3.05) is 39.3 Å². The molecule has 12 aliphatic rings. The van der Waals surface area contributed by atoms with Crippen LogP contribution in [0.2, 0.25) is 0 Å². The number of aliphatic hydroxyl groups is 6. The summed E-state index contributed by atoms with van der Waals surface area (Å²) in [6.45, 7) is 24.8. The first-order chi connectivity index (χ1) is 43.2. The van der Waals surface area contributed by atoms with E-state index in [0.717, 1.165) is 135 Å². The zero-order valence-corrected chi connectivity index (χ0v) is 58.7. The fourth-order valence-electron chi connectivity index (χ4n) is 27.8. The molecule has 0 radical (unpaired) electrons. The van der Waals surface area contributed by atoms with Gasteiger partial charge in [0.15, 0.2) is 0 Å². The molecule has 3 amide bonds. The van der Waals surface area contributed by atoms with Crippen molar-refractivity contribution in [3.05, 3.63) is 0 Å². The van der Waals surface area contributed by atoms with Crippen LogP contribution in [0.5, 0.6) is 0 Å². The lowest BCUT2D eigenvalue weighted by molar-refractivity contribution is -0.175. The van der Waals surface area contributed by atoms with Crippen molar-refractivity contribution in [2.45, 2.75) is 292 Å². The highest BCUT2D eigenvalue weighted by molar-refractivity contribution is 5.76. The molecule has 0 aromatic rings. The number of amides is 3. The molecule has 0 heterocycles. The molecule has 91 heavy (non-hydrogen) atoms. The topological polar surface area (TPSA) is 212 Å². The number of rotatable bonds is 21. The van der Waals surface area contributed by atoms with Crippen LogP contribution >= 0.6 is 0 Å². The monoisotopic (exact) mass is 1270 g/mol. The summed E-state index contributed by atoms with van der Waals surface area (Å²) in [4.78, 5) is 43.5. The van der Waals surface area contributed by atoms with Gasteiger partial charge in [-0.1, -0.05) is 62.3 Å². The number of hydrogen-bond acceptors (Lipinski definition) is 10. The first-order valence-corrected chi connectivity index (χ1v) is 38.9. The largest absolute Gasteiger partial charge is 0.393 e. The maximum absolute atomic E-state index is 13.8. The highest BCUT2D eigenvalue weighted by Crippen LogP contribution is 2.72. The molecule has 30 atom stereocenters. The maximum atomic E-state index is 13.8. The van der Waals surface area contributed by atoms with Gasteiger partial charge in [0.25, 0.3) is 0 Å². The highest BCUT2D eigenvalue weighted by Gasteiger charge is 2.67. The number of nitrogens with zero attached hydrogens (tertiary/aromatic N) is 1. The van der Waals surface area contributed by atoms with Crippen LogP contribution in [0.4, 0.5) is 0 Å². The molecule has 0 aliphatic heterocycles. The molecule has 0 saturated heterocycles. The Balaban J connectivity index is 0.619. The molecule has 0 aromatic heterocycles. The summed E-state index contributed by atoms with van der Waals surface area (Å²) >= 11 is 0. The highest BCUT2D eigenvalue weighted by atomic mass is 16.3. The predicted molar refractivity (Wildman–Crippen MR) is 359 cm³/mol. The lowest BCUT2D eigenvalue weighted by Gasteiger charge is -2.62. The second-order valence-corrected chi connectivity index (χ2v) is 36.6. The number of carbonyl (C=O) groups is 3. The van der Waals surface area contributed by atoms with Gasteiger partial charge in [-0.25, -0.2) is 0 Å². The van der Waals surface area contributed by atoms with Crippen LogP contribution in [0.15, 0.2) is 0 Å². The zero-order valence-electron chi connectivity index (χ0n) is 58.7. The van der Waals surface area contributed by atoms with Gasteiger partial charge in [-0.3, -0.25) is 19.3 Å². The molecule has 0 unspecified atom stereocenters. The number of fused-ring (bicyclic) bond motifs is 15. The molecular formula is C78H132N4O9. The van der Waals surface area contributed by atoms with Crippen LogP contribution in [-0.2, 0) is 14.4 Å². The van der Waals surface area contributed by atoms with Gasteiger partial charge in [0, 0.05) is 58.5 Å². The fraction of sp³-hybridized carbons (Fsp3) is 0.962. The van der Waals surface area contributed by atoms with E-state index in [1.807, 2.05) is 0 Å². The molecule has 0 aromatic carbocycles. The van der Waals surface area contributed by atoms with Gasteiger partial charge in [0.05, 0.1) is 36.6 Å². The average Bonchev–Trinajstić information content (AvgIpc) is 1.70. The molecule has 0 spiro atoms. The van der Waals surface area contributed by atoms with E-state index in [9.17, 15) is 45.0 Å². The molecular weight excluding hydrogens is 1140 g/mol. The molecule has 12 fully saturated rings. The Hall–Kier alpha value is -1.87. The minimum Gasteiger partial charge on any atom is -0.393 e. The Labute approximate surface area is 550 Å². The summed E-state index contributed by atoms with van der Waals surface area (Å²) in [5, 5.41) is 78.1. The van der Waals surface area contributed by atoms with Crippen molar-refractivity contribution >= 4 is 17.7 Å². The van der Waals surface area contributed by atoms with Crippen LogP contribution in [0, 0.1) is 139 Å². The molecule has 12 saturated carbocycles. The average molecular weight is 1270 g/mol. The SMILES string of the molecule is C[C@H](CCC(=O)NCCN(CCNC(=O)CC[C@@H](C)[C@H]1CC[C@H]2[C@@H]3CC[C@@H]4C[C@H](O)CC[C@]4(C)[C@H]3C[C@H](O)[C@]12C)CCNC(=O)CC[C@@H](C)[C@H]1CC[C@H]2[C@@H]3CC[C@@H]4C[C@H](O)CC[C@]4(C)[C@H]3C[C@H](O)[C@]12C)[C@H]1CC[C@H]2[C@@H]3CC[C@@H]4C[C@H](O)CC[C@]4(C)[C@H]3C[C@H](O)[C@]12C. The maximum Gasteiger partial charge on any atom is 0.220 e. The van der Waals surface area contributed by atoms with Crippen molar-refractivity contribution in [1.82, 2.24) is 20.9 Å². The van der Waals surface area contributed by atoms with Crippen LogP contribution in [-0.4, -0.2) is 129 Å². The third-order valence-corrected chi connectivity index (χ3v) is 33.2. The van der Waals surface area contributed by atoms with E-state index in [4.69, 9.17) is 0 Å². The lowest BCUT2D eigenvalue weighted by Crippen LogP contribution is -2.58.